The SMILES string of the molecule is CCOC1(C#N)CCCC(C)CC1. The van der Waals surface area contributed by atoms with Gasteiger partial charge in [0.05, 0.1) is 6.07 Å². The summed E-state index contributed by atoms with van der Waals surface area (Å²) in [6.07, 6.45) is 5.35. The molecule has 0 N–H and O–H groups in total. The molecule has 1 rings (SSSR count). The predicted molar refractivity (Wildman–Crippen MR) is 52.2 cm³/mol. The van der Waals surface area contributed by atoms with Crippen LogP contribution in [0.25, 0.3) is 0 Å². The van der Waals surface area contributed by atoms with Crippen LogP contribution in [0.5, 0.6) is 0 Å². The van der Waals surface area contributed by atoms with Gasteiger partial charge in [0.25, 0.3) is 0 Å². The molecule has 0 bridgehead atoms. The van der Waals surface area contributed by atoms with Crippen molar-refractivity contribution in [1.82, 2.24) is 0 Å². The second kappa shape index (κ2) is 4.62. The van der Waals surface area contributed by atoms with Gasteiger partial charge in [0.2, 0.25) is 0 Å². The highest BCUT2D eigenvalue weighted by Crippen LogP contribution is 2.32. The van der Waals surface area contributed by atoms with Gasteiger partial charge in [-0.1, -0.05) is 13.3 Å². The Balaban J connectivity index is 2.60. The fourth-order valence-corrected chi connectivity index (χ4v) is 2.05. The van der Waals surface area contributed by atoms with Crippen LogP contribution < -0.4 is 0 Å². The number of nitriles is 1. The molecule has 74 valence electrons. The molecule has 1 aliphatic rings. The van der Waals surface area contributed by atoms with Crippen LogP contribution in [0.3, 0.4) is 0 Å². The summed E-state index contributed by atoms with van der Waals surface area (Å²) in [6, 6.07) is 2.36. The second-order valence-corrected chi connectivity index (χ2v) is 4.08. The summed E-state index contributed by atoms with van der Waals surface area (Å²) >= 11 is 0. The van der Waals surface area contributed by atoms with E-state index in [2.05, 4.69) is 13.0 Å². The van der Waals surface area contributed by atoms with E-state index in [1.807, 2.05) is 6.92 Å². The molecule has 0 radical (unpaired) electrons. The lowest BCUT2D eigenvalue weighted by molar-refractivity contribution is -0.00616. The minimum Gasteiger partial charge on any atom is -0.360 e. The number of ether oxygens (including phenoxy) is 1. The Bertz CT molecular complexity index is 197. The van der Waals surface area contributed by atoms with Crippen LogP contribution in [0.4, 0.5) is 0 Å². The van der Waals surface area contributed by atoms with Crippen molar-refractivity contribution in [1.29, 1.82) is 5.26 Å². The first-order valence-electron chi connectivity index (χ1n) is 5.27. The minimum atomic E-state index is -0.459. The topological polar surface area (TPSA) is 33.0 Å². The monoisotopic (exact) mass is 181 g/mol. The van der Waals surface area contributed by atoms with E-state index >= 15 is 0 Å². The van der Waals surface area contributed by atoms with E-state index in [4.69, 9.17) is 10.00 Å². The summed E-state index contributed by atoms with van der Waals surface area (Å²) in [6.45, 7) is 4.88. The van der Waals surface area contributed by atoms with Crippen molar-refractivity contribution in [2.24, 2.45) is 5.92 Å². The predicted octanol–water partition coefficient (Wildman–Crippen LogP) is 2.89. The van der Waals surface area contributed by atoms with Crippen molar-refractivity contribution in [3.63, 3.8) is 0 Å². The highest BCUT2D eigenvalue weighted by molar-refractivity contribution is 5.02. The molecule has 2 heteroatoms. The van der Waals surface area contributed by atoms with Gasteiger partial charge in [-0.25, -0.2) is 0 Å². The summed E-state index contributed by atoms with van der Waals surface area (Å²) in [5.74, 6) is 0.760. The zero-order chi connectivity index (χ0) is 9.73. The number of hydrogen-bond acceptors (Lipinski definition) is 2. The van der Waals surface area contributed by atoms with E-state index in [9.17, 15) is 0 Å². The van der Waals surface area contributed by atoms with Crippen LogP contribution in [0, 0.1) is 17.2 Å². The normalized spacial score (nSPS) is 35.0. The van der Waals surface area contributed by atoms with Gasteiger partial charge in [0, 0.05) is 6.61 Å². The Kier molecular flexibility index (Phi) is 3.74. The van der Waals surface area contributed by atoms with Crippen molar-refractivity contribution in [3.8, 4) is 6.07 Å². The molecule has 1 saturated carbocycles. The van der Waals surface area contributed by atoms with Crippen LogP contribution in [0.2, 0.25) is 0 Å². The Labute approximate surface area is 80.9 Å². The minimum absolute atomic E-state index is 0.459. The zero-order valence-corrected chi connectivity index (χ0v) is 8.68. The molecule has 2 atom stereocenters. The molecule has 0 heterocycles. The smallest absolute Gasteiger partial charge is 0.154 e. The lowest BCUT2D eigenvalue weighted by atomic mass is 9.95. The average Bonchev–Trinajstić information content (AvgIpc) is 2.30. The third-order valence-corrected chi connectivity index (χ3v) is 2.94. The van der Waals surface area contributed by atoms with E-state index in [0.717, 1.165) is 31.6 Å². The van der Waals surface area contributed by atoms with E-state index in [1.165, 1.54) is 6.42 Å². The van der Waals surface area contributed by atoms with Gasteiger partial charge in [-0.3, -0.25) is 0 Å². The molecule has 1 fully saturated rings. The Hall–Kier alpha value is -0.550. The largest absolute Gasteiger partial charge is 0.360 e. The summed E-state index contributed by atoms with van der Waals surface area (Å²) < 4.78 is 5.59. The second-order valence-electron chi connectivity index (χ2n) is 4.08. The highest BCUT2D eigenvalue weighted by Gasteiger charge is 2.32. The molecule has 0 spiro atoms. The van der Waals surface area contributed by atoms with Crippen LogP contribution in [0.15, 0.2) is 0 Å². The third-order valence-electron chi connectivity index (χ3n) is 2.94. The summed E-state index contributed by atoms with van der Waals surface area (Å²) in [5.41, 5.74) is -0.459. The van der Waals surface area contributed by atoms with E-state index in [1.54, 1.807) is 0 Å². The first-order chi connectivity index (χ1) is 6.22. The summed E-state index contributed by atoms with van der Waals surface area (Å²) in [4.78, 5) is 0. The number of rotatable bonds is 2. The van der Waals surface area contributed by atoms with Gasteiger partial charge in [-0.2, -0.15) is 5.26 Å². The maximum atomic E-state index is 9.11. The van der Waals surface area contributed by atoms with Crippen LogP contribution in [-0.4, -0.2) is 12.2 Å². The molecule has 0 amide bonds. The molecule has 1 aliphatic carbocycles. The summed E-state index contributed by atoms with van der Waals surface area (Å²) in [7, 11) is 0. The lowest BCUT2D eigenvalue weighted by Gasteiger charge is -2.24. The van der Waals surface area contributed by atoms with Gasteiger partial charge < -0.3 is 4.74 Å². The van der Waals surface area contributed by atoms with Gasteiger partial charge in [0.15, 0.2) is 5.60 Å². The molecule has 0 aromatic heterocycles. The Morgan fingerprint density at radius 2 is 2.23 bits per heavy atom. The molecule has 0 aromatic carbocycles. The van der Waals surface area contributed by atoms with Gasteiger partial charge in [-0.05, 0) is 38.5 Å². The molecule has 0 aliphatic heterocycles. The maximum Gasteiger partial charge on any atom is 0.154 e. The first-order valence-corrected chi connectivity index (χ1v) is 5.27. The number of hydrogen-bond donors (Lipinski definition) is 0. The third kappa shape index (κ3) is 2.70. The molecule has 0 aromatic rings. The Morgan fingerprint density at radius 3 is 2.85 bits per heavy atom. The van der Waals surface area contributed by atoms with E-state index in [0.29, 0.717) is 6.61 Å². The van der Waals surface area contributed by atoms with E-state index in [-0.39, 0.29) is 0 Å². The standard InChI is InChI=1S/C11H19NO/c1-3-13-11(9-12)7-4-5-10(2)6-8-11/h10H,3-8H2,1-2H3. The van der Waals surface area contributed by atoms with Crippen LogP contribution in [-0.2, 0) is 4.74 Å². The van der Waals surface area contributed by atoms with Crippen molar-refractivity contribution < 1.29 is 4.74 Å². The van der Waals surface area contributed by atoms with Crippen molar-refractivity contribution in [3.05, 3.63) is 0 Å². The Morgan fingerprint density at radius 1 is 1.46 bits per heavy atom. The van der Waals surface area contributed by atoms with Crippen molar-refractivity contribution in [2.45, 2.75) is 51.6 Å². The van der Waals surface area contributed by atoms with Crippen LogP contribution >= 0.6 is 0 Å². The fourth-order valence-electron chi connectivity index (χ4n) is 2.05. The van der Waals surface area contributed by atoms with Gasteiger partial charge in [0.1, 0.15) is 0 Å². The zero-order valence-electron chi connectivity index (χ0n) is 8.68. The average molecular weight is 181 g/mol. The maximum absolute atomic E-state index is 9.11. The van der Waals surface area contributed by atoms with Crippen LogP contribution in [0.1, 0.15) is 46.0 Å². The highest BCUT2D eigenvalue weighted by atomic mass is 16.5. The molecule has 0 saturated heterocycles. The van der Waals surface area contributed by atoms with Gasteiger partial charge >= 0.3 is 0 Å². The fraction of sp³-hybridized carbons (Fsp3) is 0.909. The van der Waals surface area contributed by atoms with Crippen molar-refractivity contribution in [2.75, 3.05) is 6.61 Å². The molecule has 2 nitrogen and oxygen atoms in total. The lowest BCUT2D eigenvalue weighted by Crippen LogP contribution is -2.30. The quantitative estimate of drug-likeness (QED) is 0.614. The van der Waals surface area contributed by atoms with Gasteiger partial charge in [-0.15, -0.1) is 0 Å². The number of nitrogens with zero attached hydrogens (tertiary/aromatic N) is 1. The molecular weight excluding hydrogens is 162 g/mol. The molecular formula is C11H19NO. The van der Waals surface area contributed by atoms with E-state index < -0.39 is 5.60 Å². The molecule has 13 heavy (non-hydrogen) atoms. The molecule has 2 unspecified atom stereocenters. The summed E-state index contributed by atoms with van der Waals surface area (Å²) in [5, 5.41) is 9.11. The first kappa shape index (κ1) is 10.5. The van der Waals surface area contributed by atoms with Crippen molar-refractivity contribution >= 4 is 0 Å².